The van der Waals surface area contributed by atoms with Crippen molar-refractivity contribution in [2.45, 2.75) is 26.4 Å². The summed E-state index contributed by atoms with van der Waals surface area (Å²) in [5.74, 6) is 0.465. The zero-order valence-corrected chi connectivity index (χ0v) is 16.4. The van der Waals surface area contributed by atoms with Crippen LogP contribution in [0.15, 0.2) is 24.3 Å². The van der Waals surface area contributed by atoms with E-state index in [1.54, 1.807) is 18.7 Å². The number of aryl methyl sites for hydroxylation is 1. The number of hydrogen-bond donors (Lipinski definition) is 1. The second kappa shape index (κ2) is 7.24. The van der Waals surface area contributed by atoms with E-state index in [9.17, 15) is 14.0 Å². The van der Waals surface area contributed by atoms with Crippen LogP contribution in [0.3, 0.4) is 0 Å². The lowest BCUT2D eigenvalue weighted by molar-refractivity contribution is 0.0642. The summed E-state index contributed by atoms with van der Waals surface area (Å²) < 4.78 is 24.3. The summed E-state index contributed by atoms with van der Waals surface area (Å²) in [5, 5.41) is 0.577. The number of primary amides is 1. The molecule has 1 atom stereocenters. The fraction of sp³-hybridized carbons (Fsp3) is 0.278. The molecule has 4 rings (SSSR count). The van der Waals surface area contributed by atoms with E-state index in [0.717, 1.165) is 0 Å². The number of rotatable bonds is 3. The molecule has 0 bridgehead atoms. The zero-order valence-electron chi connectivity index (χ0n) is 15.6. The number of benzene rings is 1. The molecule has 1 aliphatic heterocycles. The lowest BCUT2D eigenvalue weighted by atomic mass is 10.1. The molecular weight excluding hydrogens is 399 g/mol. The monoisotopic (exact) mass is 416 g/mol. The Bertz CT molecular complexity index is 1090. The van der Waals surface area contributed by atoms with Crippen LogP contribution in [-0.4, -0.2) is 42.4 Å². The molecule has 2 N–H and O–H groups in total. The number of hydrogen-bond acceptors (Lipinski definition) is 7. The summed E-state index contributed by atoms with van der Waals surface area (Å²) >= 11 is 1.18. The first-order valence-corrected chi connectivity index (χ1v) is 9.57. The third-order valence-corrected chi connectivity index (χ3v) is 5.47. The molecule has 0 fully saturated rings. The third kappa shape index (κ3) is 3.44. The highest BCUT2D eigenvalue weighted by atomic mass is 32.1. The topological polar surface area (TPSA) is 116 Å². The van der Waals surface area contributed by atoms with E-state index in [1.165, 1.54) is 35.8 Å². The lowest BCUT2D eigenvalue weighted by Crippen LogP contribution is -2.41. The number of aromatic nitrogens is 4. The molecule has 0 spiro atoms. The van der Waals surface area contributed by atoms with Crippen molar-refractivity contribution in [1.29, 1.82) is 0 Å². The zero-order chi connectivity index (χ0) is 20.7. The molecule has 1 unspecified atom stereocenters. The highest BCUT2D eigenvalue weighted by Crippen LogP contribution is 2.38. The van der Waals surface area contributed by atoms with Crippen molar-refractivity contribution in [3.8, 4) is 16.7 Å². The minimum absolute atomic E-state index is 0.0319. The van der Waals surface area contributed by atoms with Crippen LogP contribution < -0.4 is 10.5 Å². The maximum Gasteiger partial charge on any atom is 0.411 e. The van der Waals surface area contributed by atoms with Gasteiger partial charge in [-0.1, -0.05) is 0 Å². The summed E-state index contributed by atoms with van der Waals surface area (Å²) in [7, 11) is 0. The average molecular weight is 416 g/mol. The molecule has 0 saturated carbocycles. The van der Waals surface area contributed by atoms with E-state index in [0.29, 0.717) is 41.0 Å². The van der Waals surface area contributed by atoms with Gasteiger partial charge in [-0.3, -0.25) is 4.79 Å². The standard InChI is InChI=1S/C18H17FN6O3S/c1-9-13-15(28-18(20)27)22-14(16-21-10(2)23-29-16)25(13)8-7-24(9)17(26)11-3-5-12(19)6-4-11/h3-6,9H,7-8H2,1-2H3,(H2,20,27). The normalized spacial score (nSPS) is 15.8. The first-order valence-electron chi connectivity index (χ1n) is 8.80. The van der Waals surface area contributed by atoms with E-state index in [2.05, 4.69) is 14.3 Å². The quantitative estimate of drug-likeness (QED) is 0.701. The van der Waals surface area contributed by atoms with Gasteiger partial charge in [0, 0.05) is 18.7 Å². The van der Waals surface area contributed by atoms with Gasteiger partial charge in [0.1, 0.15) is 17.3 Å². The van der Waals surface area contributed by atoms with Crippen molar-refractivity contribution >= 4 is 23.5 Å². The second-order valence-electron chi connectivity index (χ2n) is 6.53. The van der Waals surface area contributed by atoms with E-state index in [4.69, 9.17) is 10.5 Å². The number of amides is 2. The van der Waals surface area contributed by atoms with Gasteiger partial charge in [-0.25, -0.2) is 14.2 Å². The van der Waals surface area contributed by atoms with Crippen LogP contribution >= 0.6 is 11.5 Å². The molecule has 3 aromatic rings. The van der Waals surface area contributed by atoms with Crippen LogP contribution in [0.4, 0.5) is 9.18 Å². The largest absolute Gasteiger partial charge is 0.411 e. The van der Waals surface area contributed by atoms with Crippen molar-refractivity contribution in [1.82, 2.24) is 23.8 Å². The van der Waals surface area contributed by atoms with E-state index >= 15 is 0 Å². The van der Waals surface area contributed by atoms with Crippen LogP contribution in [0.25, 0.3) is 10.8 Å². The molecule has 0 aliphatic carbocycles. The Morgan fingerprint density at radius 1 is 1.24 bits per heavy atom. The number of nitrogens with zero attached hydrogens (tertiary/aromatic N) is 5. The molecule has 150 valence electrons. The summed E-state index contributed by atoms with van der Waals surface area (Å²) in [4.78, 5) is 34.7. The van der Waals surface area contributed by atoms with Crippen LogP contribution in [0, 0.1) is 12.7 Å². The third-order valence-electron chi connectivity index (χ3n) is 4.67. The van der Waals surface area contributed by atoms with Crippen LogP contribution in [-0.2, 0) is 6.54 Å². The number of carbonyl (C=O) groups is 2. The molecule has 2 aromatic heterocycles. The minimum atomic E-state index is -1.000. The predicted molar refractivity (Wildman–Crippen MR) is 102 cm³/mol. The molecule has 2 amide bonds. The van der Waals surface area contributed by atoms with E-state index in [-0.39, 0.29) is 11.8 Å². The molecule has 0 radical (unpaired) electrons. The first-order chi connectivity index (χ1) is 13.8. The van der Waals surface area contributed by atoms with Crippen LogP contribution in [0.2, 0.25) is 0 Å². The summed E-state index contributed by atoms with van der Waals surface area (Å²) in [5.41, 5.74) is 6.10. The molecule has 0 saturated heterocycles. The highest BCUT2D eigenvalue weighted by Gasteiger charge is 2.35. The van der Waals surface area contributed by atoms with Crippen molar-refractivity contribution in [2.75, 3.05) is 6.54 Å². The number of imidazole rings is 1. The Labute approximate surface area is 169 Å². The number of halogens is 1. The van der Waals surface area contributed by atoms with E-state index < -0.39 is 18.0 Å². The molecule has 9 nitrogen and oxygen atoms in total. The Hall–Kier alpha value is -3.34. The highest BCUT2D eigenvalue weighted by molar-refractivity contribution is 7.09. The Balaban J connectivity index is 1.74. The van der Waals surface area contributed by atoms with E-state index in [1.807, 2.05) is 4.57 Å². The number of carbonyl (C=O) groups excluding carboxylic acids is 2. The Morgan fingerprint density at radius 3 is 2.59 bits per heavy atom. The smallest absolute Gasteiger partial charge is 0.389 e. The SMILES string of the molecule is Cc1nsc(-c2nc(OC(N)=O)c3n2CCN(C(=O)c2ccc(F)cc2)C3C)n1. The Morgan fingerprint density at radius 2 is 1.97 bits per heavy atom. The number of nitrogens with two attached hydrogens (primary N) is 1. The van der Waals surface area contributed by atoms with Gasteiger partial charge >= 0.3 is 6.09 Å². The second-order valence-corrected chi connectivity index (χ2v) is 7.28. The molecular formula is C18H17FN6O3S. The van der Waals surface area contributed by atoms with Gasteiger partial charge in [0.2, 0.25) is 5.88 Å². The Kier molecular flexibility index (Phi) is 4.74. The first kappa shape index (κ1) is 19.0. The fourth-order valence-electron chi connectivity index (χ4n) is 3.38. The van der Waals surface area contributed by atoms with Gasteiger partial charge in [-0.15, -0.1) is 0 Å². The van der Waals surface area contributed by atoms with Gasteiger partial charge in [-0.05, 0) is 49.6 Å². The molecule has 1 aliphatic rings. The van der Waals surface area contributed by atoms with Gasteiger partial charge < -0.3 is 19.9 Å². The van der Waals surface area contributed by atoms with Gasteiger partial charge in [0.25, 0.3) is 5.91 Å². The number of ether oxygens (including phenoxy) is 1. The molecule has 11 heteroatoms. The van der Waals surface area contributed by atoms with Gasteiger partial charge in [-0.2, -0.15) is 9.36 Å². The predicted octanol–water partition coefficient (Wildman–Crippen LogP) is 2.52. The van der Waals surface area contributed by atoms with Crippen molar-refractivity contribution in [3.63, 3.8) is 0 Å². The van der Waals surface area contributed by atoms with Crippen molar-refractivity contribution < 1.29 is 18.7 Å². The summed E-state index contributed by atoms with van der Waals surface area (Å²) in [6.07, 6.45) is -1.000. The molecule has 3 heterocycles. The fourth-order valence-corrected chi connectivity index (χ4v) is 4.05. The van der Waals surface area contributed by atoms with Gasteiger partial charge in [0.05, 0.1) is 6.04 Å². The van der Waals surface area contributed by atoms with Crippen LogP contribution in [0.5, 0.6) is 5.88 Å². The lowest BCUT2D eigenvalue weighted by Gasteiger charge is -2.35. The molecule has 1 aromatic carbocycles. The minimum Gasteiger partial charge on any atom is -0.389 e. The summed E-state index contributed by atoms with van der Waals surface area (Å²) in [6, 6.07) is 4.89. The van der Waals surface area contributed by atoms with Crippen molar-refractivity contribution in [3.05, 3.63) is 47.2 Å². The van der Waals surface area contributed by atoms with Crippen molar-refractivity contribution in [2.24, 2.45) is 5.73 Å². The molecule has 29 heavy (non-hydrogen) atoms. The van der Waals surface area contributed by atoms with Gasteiger partial charge in [0.15, 0.2) is 10.8 Å². The maximum absolute atomic E-state index is 13.2. The maximum atomic E-state index is 13.2. The number of fused-ring (bicyclic) bond motifs is 1. The average Bonchev–Trinajstić information content (AvgIpc) is 3.26. The van der Waals surface area contributed by atoms with Crippen LogP contribution in [0.1, 0.15) is 34.8 Å². The summed E-state index contributed by atoms with van der Waals surface area (Å²) in [6.45, 7) is 4.38.